The van der Waals surface area contributed by atoms with Crippen molar-refractivity contribution in [2.75, 3.05) is 11.5 Å². The summed E-state index contributed by atoms with van der Waals surface area (Å²) < 4.78 is 24.5. The molecule has 7 nitrogen and oxygen atoms in total. The SMILES string of the molecule is CC(C)(C)NC(=O)Oc1ccc(Oc2ccnc(N)c2N)cc1F. The van der Waals surface area contributed by atoms with Gasteiger partial charge in [0.2, 0.25) is 0 Å². The second-order valence-electron chi connectivity index (χ2n) is 6.07. The zero-order valence-electron chi connectivity index (χ0n) is 13.6. The van der Waals surface area contributed by atoms with Crippen molar-refractivity contribution in [2.24, 2.45) is 0 Å². The van der Waals surface area contributed by atoms with Gasteiger partial charge in [0.15, 0.2) is 17.3 Å². The van der Waals surface area contributed by atoms with Crippen LogP contribution in [0.2, 0.25) is 0 Å². The Hall–Kier alpha value is -3.03. The van der Waals surface area contributed by atoms with E-state index in [1.54, 1.807) is 20.8 Å². The number of nitrogen functional groups attached to an aromatic ring is 2. The van der Waals surface area contributed by atoms with Crippen molar-refractivity contribution < 1.29 is 18.7 Å². The summed E-state index contributed by atoms with van der Waals surface area (Å²) >= 11 is 0. The number of halogens is 1. The number of ether oxygens (including phenoxy) is 2. The van der Waals surface area contributed by atoms with Gasteiger partial charge in [0, 0.05) is 23.9 Å². The molecule has 1 amide bonds. The molecule has 0 radical (unpaired) electrons. The summed E-state index contributed by atoms with van der Waals surface area (Å²) in [6.07, 6.45) is 0.673. The Bertz CT molecular complexity index is 759. The van der Waals surface area contributed by atoms with Gasteiger partial charge in [0.1, 0.15) is 17.3 Å². The molecule has 2 rings (SSSR count). The highest BCUT2D eigenvalue weighted by Gasteiger charge is 2.17. The second-order valence-corrected chi connectivity index (χ2v) is 6.07. The largest absolute Gasteiger partial charge is 0.455 e. The number of benzene rings is 1. The van der Waals surface area contributed by atoms with E-state index in [0.29, 0.717) is 0 Å². The molecule has 0 spiro atoms. The lowest BCUT2D eigenvalue weighted by Crippen LogP contribution is -2.42. The minimum Gasteiger partial charge on any atom is -0.455 e. The third kappa shape index (κ3) is 4.48. The van der Waals surface area contributed by atoms with Gasteiger partial charge >= 0.3 is 6.09 Å². The van der Waals surface area contributed by atoms with Crippen LogP contribution in [0.3, 0.4) is 0 Å². The van der Waals surface area contributed by atoms with Crippen LogP contribution in [0, 0.1) is 5.82 Å². The van der Waals surface area contributed by atoms with E-state index in [-0.39, 0.29) is 28.8 Å². The number of aromatic nitrogens is 1. The summed E-state index contributed by atoms with van der Waals surface area (Å²) in [6.45, 7) is 5.35. The second kappa shape index (κ2) is 6.61. The molecule has 0 fully saturated rings. The van der Waals surface area contributed by atoms with Crippen LogP contribution in [0.15, 0.2) is 30.5 Å². The number of rotatable bonds is 3. The van der Waals surface area contributed by atoms with E-state index >= 15 is 0 Å². The van der Waals surface area contributed by atoms with Gasteiger partial charge in [-0.3, -0.25) is 0 Å². The van der Waals surface area contributed by atoms with E-state index in [4.69, 9.17) is 20.9 Å². The molecule has 2 aromatic rings. The number of amides is 1. The van der Waals surface area contributed by atoms with Gasteiger partial charge < -0.3 is 26.3 Å². The summed E-state index contributed by atoms with van der Waals surface area (Å²) in [5.41, 5.74) is 11.0. The van der Waals surface area contributed by atoms with Crippen LogP contribution >= 0.6 is 0 Å². The third-order valence-corrected chi connectivity index (χ3v) is 2.79. The number of hydrogen-bond acceptors (Lipinski definition) is 6. The Morgan fingerprint density at radius 1 is 1.21 bits per heavy atom. The van der Waals surface area contributed by atoms with E-state index in [1.807, 2.05) is 0 Å². The zero-order chi connectivity index (χ0) is 17.9. The first kappa shape index (κ1) is 17.3. The fraction of sp³-hybridized carbons (Fsp3) is 0.250. The Balaban J connectivity index is 2.12. The fourth-order valence-corrected chi connectivity index (χ4v) is 1.75. The molecular weight excluding hydrogens is 315 g/mol. The molecule has 0 unspecified atom stereocenters. The summed E-state index contributed by atoms with van der Waals surface area (Å²) in [6, 6.07) is 5.31. The summed E-state index contributed by atoms with van der Waals surface area (Å²) in [7, 11) is 0. The minimum atomic E-state index is -0.753. The molecule has 0 aliphatic rings. The van der Waals surface area contributed by atoms with Gasteiger partial charge in [-0.15, -0.1) is 0 Å². The molecule has 0 aliphatic carbocycles. The lowest BCUT2D eigenvalue weighted by atomic mass is 10.1. The molecule has 0 aliphatic heterocycles. The number of carbonyl (C=O) groups excluding carboxylic acids is 1. The molecule has 0 atom stereocenters. The molecule has 0 saturated carbocycles. The minimum absolute atomic E-state index is 0.117. The Morgan fingerprint density at radius 3 is 2.54 bits per heavy atom. The van der Waals surface area contributed by atoms with Crippen molar-refractivity contribution in [1.82, 2.24) is 10.3 Å². The molecule has 0 saturated heterocycles. The van der Waals surface area contributed by atoms with Gasteiger partial charge in [0.25, 0.3) is 0 Å². The average Bonchev–Trinajstić information content (AvgIpc) is 2.45. The van der Waals surface area contributed by atoms with Crippen LogP contribution in [-0.2, 0) is 0 Å². The van der Waals surface area contributed by atoms with Crippen molar-refractivity contribution in [3.8, 4) is 17.2 Å². The number of anilines is 2. The predicted octanol–water partition coefficient (Wildman–Crippen LogP) is 3.06. The normalized spacial score (nSPS) is 11.0. The maximum Gasteiger partial charge on any atom is 0.413 e. The fourth-order valence-electron chi connectivity index (χ4n) is 1.75. The van der Waals surface area contributed by atoms with Crippen LogP contribution in [-0.4, -0.2) is 16.6 Å². The molecule has 5 N–H and O–H groups in total. The van der Waals surface area contributed by atoms with Gasteiger partial charge in [-0.1, -0.05) is 0 Å². The van der Waals surface area contributed by atoms with Gasteiger partial charge in [-0.05, 0) is 32.9 Å². The molecule has 1 aromatic heterocycles. The first-order valence-electron chi connectivity index (χ1n) is 7.13. The van der Waals surface area contributed by atoms with Crippen LogP contribution < -0.4 is 26.3 Å². The van der Waals surface area contributed by atoms with Crippen molar-refractivity contribution in [2.45, 2.75) is 26.3 Å². The Kier molecular flexibility index (Phi) is 4.77. The number of hydrogen-bond donors (Lipinski definition) is 3. The molecule has 1 heterocycles. The van der Waals surface area contributed by atoms with Crippen molar-refractivity contribution in [3.05, 3.63) is 36.3 Å². The van der Waals surface area contributed by atoms with Crippen LogP contribution in [0.25, 0.3) is 0 Å². The summed E-state index contributed by atoms with van der Waals surface area (Å²) in [5, 5.41) is 2.57. The zero-order valence-corrected chi connectivity index (χ0v) is 13.6. The van der Waals surface area contributed by atoms with E-state index < -0.39 is 17.4 Å². The predicted molar refractivity (Wildman–Crippen MR) is 88.4 cm³/mol. The van der Waals surface area contributed by atoms with Gasteiger partial charge in [-0.25, -0.2) is 14.2 Å². The summed E-state index contributed by atoms with van der Waals surface area (Å²) in [5.74, 6) is -0.426. The highest BCUT2D eigenvalue weighted by Crippen LogP contribution is 2.31. The van der Waals surface area contributed by atoms with Crippen LogP contribution in [0.4, 0.5) is 20.7 Å². The monoisotopic (exact) mass is 334 g/mol. The van der Waals surface area contributed by atoms with Gasteiger partial charge in [0.05, 0.1) is 0 Å². The van der Waals surface area contributed by atoms with Crippen molar-refractivity contribution in [3.63, 3.8) is 0 Å². The highest BCUT2D eigenvalue weighted by molar-refractivity contribution is 5.71. The molecular formula is C16H19FN4O3. The van der Waals surface area contributed by atoms with E-state index in [1.165, 1.54) is 24.4 Å². The lowest BCUT2D eigenvalue weighted by molar-refractivity contribution is 0.188. The maximum atomic E-state index is 14.1. The summed E-state index contributed by atoms with van der Waals surface area (Å²) in [4.78, 5) is 15.5. The molecule has 128 valence electrons. The average molecular weight is 334 g/mol. The quantitative estimate of drug-likeness (QED) is 0.795. The van der Waals surface area contributed by atoms with Gasteiger partial charge in [-0.2, -0.15) is 0 Å². The Labute approximate surface area is 138 Å². The number of nitrogens with one attached hydrogen (secondary N) is 1. The van der Waals surface area contributed by atoms with Crippen LogP contribution in [0.1, 0.15) is 20.8 Å². The number of carbonyl (C=O) groups is 1. The van der Waals surface area contributed by atoms with Crippen molar-refractivity contribution in [1.29, 1.82) is 0 Å². The number of nitrogens with zero attached hydrogens (tertiary/aromatic N) is 1. The first-order valence-corrected chi connectivity index (χ1v) is 7.13. The smallest absolute Gasteiger partial charge is 0.413 e. The lowest BCUT2D eigenvalue weighted by Gasteiger charge is -2.20. The van der Waals surface area contributed by atoms with E-state index in [9.17, 15) is 9.18 Å². The van der Waals surface area contributed by atoms with E-state index in [0.717, 1.165) is 6.07 Å². The molecule has 1 aromatic carbocycles. The third-order valence-electron chi connectivity index (χ3n) is 2.79. The molecule has 24 heavy (non-hydrogen) atoms. The van der Waals surface area contributed by atoms with Crippen LogP contribution in [0.5, 0.6) is 17.2 Å². The maximum absolute atomic E-state index is 14.1. The number of pyridine rings is 1. The van der Waals surface area contributed by atoms with E-state index in [2.05, 4.69) is 10.3 Å². The molecule has 8 heteroatoms. The molecule has 0 bridgehead atoms. The van der Waals surface area contributed by atoms with Crippen molar-refractivity contribution >= 4 is 17.6 Å². The Morgan fingerprint density at radius 2 is 1.92 bits per heavy atom. The highest BCUT2D eigenvalue weighted by atomic mass is 19.1. The topological polar surface area (TPSA) is 112 Å². The number of nitrogens with two attached hydrogens (primary N) is 2. The first-order chi connectivity index (χ1) is 11.2. The standard InChI is InChI=1S/C16H19FN4O3/c1-16(2,3)21-15(22)24-11-5-4-9(8-10(11)17)23-12-6-7-20-14(19)13(12)18/h4-8H,18H2,1-3H3,(H2,19,20)(H,21,22).